The van der Waals surface area contributed by atoms with Crippen LogP contribution < -0.4 is 11.1 Å². The normalized spacial score (nSPS) is 28.5. The van der Waals surface area contributed by atoms with Gasteiger partial charge in [-0.25, -0.2) is 20.0 Å². The number of hydrazone groups is 1. The van der Waals surface area contributed by atoms with Crippen LogP contribution in [0, 0.1) is 0 Å². The van der Waals surface area contributed by atoms with Crippen molar-refractivity contribution in [2.45, 2.75) is 44.8 Å². The van der Waals surface area contributed by atoms with Gasteiger partial charge in [0.2, 0.25) is 0 Å². The highest BCUT2D eigenvalue weighted by atomic mass is 35.5. The Balaban J connectivity index is 1.89. The highest BCUT2D eigenvalue weighted by Gasteiger charge is 2.37. The van der Waals surface area contributed by atoms with Crippen molar-refractivity contribution in [3.8, 4) is 0 Å². The summed E-state index contributed by atoms with van der Waals surface area (Å²) in [5.41, 5.74) is 7.49. The molecular formula is C19H24ClN7O. The predicted octanol–water partition coefficient (Wildman–Crippen LogP) is 2.36. The number of hydrogen-bond acceptors (Lipinski definition) is 5. The number of aliphatic hydroxyl groups is 1. The number of nitrogens with two attached hydrogens (primary N) is 1. The fourth-order valence-corrected chi connectivity index (χ4v) is 3.52. The van der Waals surface area contributed by atoms with E-state index in [0.29, 0.717) is 40.8 Å². The molecule has 2 unspecified atom stereocenters. The van der Waals surface area contributed by atoms with Crippen molar-refractivity contribution < 1.29 is 5.11 Å². The number of nitrogens with zero attached hydrogens (tertiary/aromatic N) is 5. The van der Waals surface area contributed by atoms with Crippen LogP contribution in [-0.2, 0) is 0 Å². The van der Waals surface area contributed by atoms with E-state index in [1.807, 2.05) is 18.0 Å². The van der Waals surface area contributed by atoms with E-state index in [-0.39, 0.29) is 18.0 Å². The Hall–Kier alpha value is -2.71. The summed E-state index contributed by atoms with van der Waals surface area (Å²) in [6.07, 6.45) is 7.20. The predicted molar refractivity (Wildman–Crippen MR) is 114 cm³/mol. The number of aliphatic hydroxyl groups excluding tert-OH is 1. The lowest BCUT2D eigenvalue weighted by atomic mass is 10.1. The van der Waals surface area contributed by atoms with E-state index in [0.717, 1.165) is 18.6 Å². The minimum Gasteiger partial charge on any atom is -0.393 e. The van der Waals surface area contributed by atoms with Gasteiger partial charge in [0.1, 0.15) is 23.8 Å². The SMILES string of the molecule is C=C(N)N=CN=C1CC(C2=C(Cl)C(=C)C(=N/C=C\C)N2)=NN1C1CCC(O)C1. The van der Waals surface area contributed by atoms with Crippen molar-refractivity contribution in [1.29, 1.82) is 0 Å². The zero-order valence-electron chi connectivity index (χ0n) is 15.8. The maximum absolute atomic E-state index is 9.92. The number of rotatable bonds is 5. The standard InChI is InChI=1S/C19H24ClN7O/c1-4-7-22-19-11(2)17(20)18(25-19)15-9-16(24-10-23-12(3)21)27(26-15)13-5-6-14(28)8-13/h4,7,10,13-14,28H,2-3,5-6,8-9,21H2,1H3,(H,22,25)/b7-4-,23-10?,24-16?. The van der Waals surface area contributed by atoms with Gasteiger partial charge < -0.3 is 16.2 Å². The average molecular weight is 402 g/mol. The van der Waals surface area contributed by atoms with Gasteiger partial charge >= 0.3 is 0 Å². The van der Waals surface area contributed by atoms with E-state index in [1.165, 1.54) is 6.34 Å². The molecule has 0 aromatic carbocycles. The first-order valence-corrected chi connectivity index (χ1v) is 9.42. The van der Waals surface area contributed by atoms with Crippen LogP contribution in [0.2, 0.25) is 0 Å². The Morgan fingerprint density at radius 2 is 2.21 bits per heavy atom. The molecule has 2 atom stereocenters. The molecule has 0 spiro atoms. The molecule has 0 bridgehead atoms. The van der Waals surface area contributed by atoms with Crippen LogP contribution in [-0.4, -0.2) is 46.0 Å². The van der Waals surface area contributed by atoms with E-state index < -0.39 is 0 Å². The summed E-state index contributed by atoms with van der Waals surface area (Å²) in [5.74, 6) is 1.48. The lowest BCUT2D eigenvalue weighted by Gasteiger charge is -2.22. The Morgan fingerprint density at radius 3 is 2.86 bits per heavy atom. The van der Waals surface area contributed by atoms with Crippen LogP contribution in [0.4, 0.5) is 0 Å². The lowest BCUT2D eigenvalue weighted by molar-refractivity contribution is 0.172. The van der Waals surface area contributed by atoms with Gasteiger partial charge in [-0.1, -0.05) is 30.8 Å². The second-order valence-electron chi connectivity index (χ2n) is 6.72. The van der Waals surface area contributed by atoms with Crippen LogP contribution in [0.25, 0.3) is 0 Å². The number of aliphatic imine (C=N–C) groups is 3. The minimum absolute atomic E-state index is 0.0703. The van der Waals surface area contributed by atoms with Crippen LogP contribution in [0.5, 0.6) is 0 Å². The van der Waals surface area contributed by atoms with Gasteiger partial charge in [-0.3, -0.25) is 0 Å². The van der Waals surface area contributed by atoms with Crippen molar-refractivity contribution in [2.24, 2.45) is 25.8 Å². The zero-order valence-corrected chi connectivity index (χ0v) is 16.5. The Bertz CT molecular complexity index is 866. The highest BCUT2D eigenvalue weighted by molar-refractivity contribution is 6.41. The third-order valence-corrected chi connectivity index (χ3v) is 5.04. The van der Waals surface area contributed by atoms with Gasteiger partial charge in [0.15, 0.2) is 0 Å². The quantitative estimate of drug-likeness (QED) is 0.485. The second kappa shape index (κ2) is 8.53. The number of amidine groups is 2. The van der Waals surface area contributed by atoms with Gasteiger partial charge in [-0.05, 0) is 26.2 Å². The zero-order chi connectivity index (χ0) is 20.3. The molecule has 1 fully saturated rings. The van der Waals surface area contributed by atoms with Crippen molar-refractivity contribution in [3.05, 3.63) is 47.6 Å². The molecule has 0 radical (unpaired) electrons. The van der Waals surface area contributed by atoms with Crippen molar-refractivity contribution >= 4 is 35.3 Å². The molecule has 1 aliphatic carbocycles. The van der Waals surface area contributed by atoms with E-state index in [4.69, 9.17) is 22.4 Å². The largest absolute Gasteiger partial charge is 0.393 e. The highest BCUT2D eigenvalue weighted by Crippen LogP contribution is 2.32. The van der Waals surface area contributed by atoms with Gasteiger partial charge in [-0.2, -0.15) is 5.10 Å². The summed E-state index contributed by atoms with van der Waals surface area (Å²) in [5, 5.41) is 20.2. The summed E-state index contributed by atoms with van der Waals surface area (Å²) in [6, 6.07) is 0.0703. The van der Waals surface area contributed by atoms with Gasteiger partial charge in [0, 0.05) is 11.8 Å². The van der Waals surface area contributed by atoms with E-state index in [1.54, 1.807) is 6.20 Å². The molecule has 3 rings (SSSR count). The van der Waals surface area contributed by atoms with E-state index in [2.05, 4.69) is 33.5 Å². The summed E-state index contributed by atoms with van der Waals surface area (Å²) in [7, 11) is 0. The molecule has 0 amide bonds. The lowest BCUT2D eigenvalue weighted by Crippen LogP contribution is -2.31. The minimum atomic E-state index is -0.324. The van der Waals surface area contributed by atoms with Crippen LogP contribution in [0.3, 0.4) is 0 Å². The fourth-order valence-electron chi connectivity index (χ4n) is 3.28. The molecule has 2 aliphatic heterocycles. The summed E-state index contributed by atoms with van der Waals surface area (Å²) >= 11 is 6.49. The molecule has 4 N–H and O–H groups in total. The van der Waals surface area contributed by atoms with E-state index >= 15 is 0 Å². The maximum atomic E-state index is 9.92. The molecular weight excluding hydrogens is 378 g/mol. The Morgan fingerprint density at radius 1 is 1.43 bits per heavy atom. The van der Waals surface area contributed by atoms with Crippen LogP contribution in [0.15, 0.2) is 67.6 Å². The molecule has 28 heavy (non-hydrogen) atoms. The number of allylic oxidation sites excluding steroid dienone is 2. The van der Waals surface area contributed by atoms with Crippen LogP contribution in [0.1, 0.15) is 32.6 Å². The fraction of sp³-hybridized carbons (Fsp3) is 0.368. The Kier molecular flexibility index (Phi) is 6.11. The van der Waals surface area contributed by atoms with Gasteiger partial charge in [-0.15, -0.1) is 0 Å². The van der Waals surface area contributed by atoms with Crippen molar-refractivity contribution in [1.82, 2.24) is 10.3 Å². The molecule has 2 heterocycles. The smallest absolute Gasteiger partial charge is 0.138 e. The van der Waals surface area contributed by atoms with E-state index in [9.17, 15) is 5.11 Å². The Labute approximate surface area is 169 Å². The maximum Gasteiger partial charge on any atom is 0.138 e. The molecule has 3 aliphatic rings. The summed E-state index contributed by atoms with van der Waals surface area (Å²) in [4.78, 5) is 12.6. The molecule has 148 valence electrons. The van der Waals surface area contributed by atoms with Gasteiger partial charge in [0.25, 0.3) is 0 Å². The first kappa shape index (κ1) is 20.0. The number of nitrogens with one attached hydrogen (secondary N) is 1. The molecule has 1 saturated carbocycles. The van der Waals surface area contributed by atoms with Crippen LogP contribution >= 0.6 is 11.6 Å². The molecule has 0 aromatic rings. The monoisotopic (exact) mass is 401 g/mol. The molecule has 0 saturated heterocycles. The van der Waals surface area contributed by atoms with Gasteiger partial charge in [0.05, 0.1) is 35.0 Å². The first-order valence-electron chi connectivity index (χ1n) is 9.04. The van der Waals surface area contributed by atoms with Crippen molar-refractivity contribution in [3.63, 3.8) is 0 Å². The number of hydrogen-bond donors (Lipinski definition) is 3. The molecule has 0 aromatic heterocycles. The average Bonchev–Trinajstić information content (AvgIpc) is 3.33. The summed E-state index contributed by atoms with van der Waals surface area (Å²) in [6.45, 7) is 9.40. The molecule has 8 nitrogen and oxygen atoms in total. The third kappa shape index (κ3) is 4.23. The summed E-state index contributed by atoms with van der Waals surface area (Å²) < 4.78 is 0. The van der Waals surface area contributed by atoms with Crippen molar-refractivity contribution in [2.75, 3.05) is 0 Å². The topological polar surface area (TPSA) is 111 Å². The molecule has 9 heteroatoms. The second-order valence-corrected chi connectivity index (χ2v) is 7.10. The number of halogens is 1. The third-order valence-electron chi connectivity index (χ3n) is 4.63. The first-order chi connectivity index (χ1) is 13.4.